The van der Waals surface area contributed by atoms with Crippen molar-refractivity contribution in [1.82, 2.24) is 4.90 Å². The maximum absolute atomic E-state index is 12.6. The second-order valence-electron chi connectivity index (χ2n) is 5.86. The molecular weight excluding hydrogens is 430 g/mol. The van der Waals surface area contributed by atoms with Gasteiger partial charge in [-0.25, -0.2) is 4.99 Å². The zero-order valence-electron chi connectivity index (χ0n) is 14.8. The standard InChI is InChI=1S/C19H18BrN3O3S/c1-23-17(24)11-16(18(25)21-14-5-3-4-12(20)10-14)27-19(23)22-13-6-8-15(26-2)9-7-13/h3-10,16H,11H2,1-2H3,(H,21,25)/t16-/m1/s1. The Bertz CT molecular complexity index is 886. The normalized spacial score (nSPS) is 18.5. The first-order valence-electron chi connectivity index (χ1n) is 8.18. The average Bonchev–Trinajstić information content (AvgIpc) is 2.66. The summed E-state index contributed by atoms with van der Waals surface area (Å²) in [5.41, 5.74) is 1.36. The number of methoxy groups -OCH3 is 1. The summed E-state index contributed by atoms with van der Waals surface area (Å²) in [5.74, 6) is 0.364. The zero-order valence-corrected chi connectivity index (χ0v) is 17.2. The molecule has 0 unspecified atom stereocenters. The van der Waals surface area contributed by atoms with Crippen LogP contribution in [0.5, 0.6) is 5.75 Å². The lowest BCUT2D eigenvalue weighted by molar-refractivity contribution is -0.128. The third kappa shape index (κ3) is 4.90. The van der Waals surface area contributed by atoms with Crippen molar-refractivity contribution in [1.29, 1.82) is 0 Å². The minimum atomic E-state index is -0.537. The van der Waals surface area contributed by atoms with Crippen molar-refractivity contribution in [3.8, 4) is 5.75 Å². The number of thioether (sulfide) groups is 1. The van der Waals surface area contributed by atoms with Crippen LogP contribution in [-0.4, -0.2) is 41.3 Å². The summed E-state index contributed by atoms with van der Waals surface area (Å²) in [4.78, 5) is 31.0. The molecule has 0 saturated carbocycles. The number of benzene rings is 2. The maximum Gasteiger partial charge on any atom is 0.238 e. The van der Waals surface area contributed by atoms with Crippen LogP contribution in [0.1, 0.15) is 6.42 Å². The van der Waals surface area contributed by atoms with E-state index >= 15 is 0 Å². The highest BCUT2D eigenvalue weighted by molar-refractivity contribution is 9.10. The molecule has 1 N–H and O–H groups in total. The number of ether oxygens (including phenoxy) is 1. The van der Waals surface area contributed by atoms with Gasteiger partial charge in [0.05, 0.1) is 12.8 Å². The van der Waals surface area contributed by atoms with Gasteiger partial charge in [-0.3, -0.25) is 14.5 Å². The summed E-state index contributed by atoms with van der Waals surface area (Å²) in [5, 5.41) is 2.81. The molecule has 1 heterocycles. The fourth-order valence-electron chi connectivity index (χ4n) is 2.45. The molecule has 1 aliphatic heterocycles. The Labute approximate surface area is 170 Å². The molecule has 8 heteroatoms. The number of amides is 2. The zero-order chi connectivity index (χ0) is 19.4. The van der Waals surface area contributed by atoms with Crippen LogP contribution in [0.4, 0.5) is 11.4 Å². The summed E-state index contributed by atoms with van der Waals surface area (Å²) in [6.45, 7) is 0. The molecule has 0 bridgehead atoms. The summed E-state index contributed by atoms with van der Waals surface area (Å²) >= 11 is 4.66. The number of nitrogens with one attached hydrogen (secondary N) is 1. The van der Waals surface area contributed by atoms with E-state index in [2.05, 4.69) is 26.2 Å². The van der Waals surface area contributed by atoms with E-state index in [1.54, 1.807) is 44.5 Å². The third-order valence-corrected chi connectivity index (χ3v) is 5.68. The minimum absolute atomic E-state index is 0.128. The van der Waals surface area contributed by atoms with E-state index in [4.69, 9.17) is 4.74 Å². The van der Waals surface area contributed by atoms with Crippen LogP contribution in [0.15, 0.2) is 58.0 Å². The lowest BCUT2D eigenvalue weighted by Gasteiger charge is -2.28. The van der Waals surface area contributed by atoms with Crippen molar-refractivity contribution < 1.29 is 14.3 Å². The number of nitrogens with zero attached hydrogens (tertiary/aromatic N) is 2. The number of rotatable bonds is 4. The monoisotopic (exact) mass is 447 g/mol. The number of hydrogen-bond donors (Lipinski definition) is 1. The Morgan fingerprint density at radius 1 is 1.30 bits per heavy atom. The van der Waals surface area contributed by atoms with Gasteiger partial charge in [0.2, 0.25) is 11.8 Å². The van der Waals surface area contributed by atoms with Gasteiger partial charge in [-0.1, -0.05) is 33.8 Å². The van der Waals surface area contributed by atoms with Crippen LogP contribution in [0.3, 0.4) is 0 Å². The molecule has 0 radical (unpaired) electrons. The molecule has 1 fully saturated rings. The predicted octanol–water partition coefficient (Wildman–Crippen LogP) is 4.05. The molecule has 140 valence electrons. The number of anilines is 1. The summed E-state index contributed by atoms with van der Waals surface area (Å²) in [6.07, 6.45) is 0.128. The number of hydrogen-bond acceptors (Lipinski definition) is 5. The Morgan fingerprint density at radius 3 is 2.70 bits per heavy atom. The second-order valence-corrected chi connectivity index (χ2v) is 7.94. The molecule has 2 amide bonds. The van der Waals surface area contributed by atoms with Gasteiger partial charge in [0, 0.05) is 23.6 Å². The largest absolute Gasteiger partial charge is 0.497 e. The van der Waals surface area contributed by atoms with Gasteiger partial charge in [-0.05, 0) is 42.5 Å². The molecule has 0 spiro atoms. The van der Waals surface area contributed by atoms with E-state index in [1.165, 1.54) is 16.7 Å². The first-order valence-corrected chi connectivity index (χ1v) is 9.86. The van der Waals surface area contributed by atoms with E-state index in [1.807, 2.05) is 18.2 Å². The van der Waals surface area contributed by atoms with Crippen molar-refractivity contribution in [3.63, 3.8) is 0 Å². The van der Waals surface area contributed by atoms with Gasteiger partial charge in [-0.2, -0.15) is 0 Å². The van der Waals surface area contributed by atoms with Crippen LogP contribution in [-0.2, 0) is 9.59 Å². The van der Waals surface area contributed by atoms with E-state index < -0.39 is 5.25 Å². The fraction of sp³-hybridized carbons (Fsp3) is 0.211. The van der Waals surface area contributed by atoms with Crippen molar-refractivity contribution in [2.75, 3.05) is 19.5 Å². The fourth-order valence-corrected chi connectivity index (χ4v) is 3.92. The van der Waals surface area contributed by atoms with Crippen molar-refractivity contribution >= 4 is 56.0 Å². The smallest absolute Gasteiger partial charge is 0.238 e. The second kappa shape index (κ2) is 8.58. The van der Waals surface area contributed by atoms with Crippen LogP contribution < -0.4 is 10.1 Å². The number of carbonyl (C=O) groups is 2. The molecule has 0 aliphatic carbocycles. The van der Waals surface area contributed by atoms with Crippen molar-refractivity contribution in [3.05, 3.63) is 53.0 Å². The molecule has 0 aromatic heterocycles. The van der Waals surface area contributed by atoms with Crippen molar-refractivity contribution in [2.24, 2.45) is 4.99 Å². The summed E-state index contributed by atoms with van der Waals surface area (Å²) < 4.78 is 6.01. The highest BCUT2D eigenvalue weighted by atomic mass is 79.9. The highest BCUT2D eigenvalue weighted by Gasteiger charge is 2.34. The quantitative estimate of drug-likeness (QED) is 0.767. The van der Waals surface area contributed by atoms with Gasteiger partial charge < -0.3 is 10.1 Å². The lowest BCUT2D eigenvalue weighted by Crippen LogP contribution is -2.43. The summed E-state index contributed by atoms with van der Waals surface area (Å²) in [7, 11) is 3.26. The van der Waals surface area contributed by atoms with Crippen LogP contribution in [0, 0.1) is 0 Å². The number of halogens is 1. The highest BCUT2D eigenvalue weighted by Crippen LogP contribution is 2.29. The Hall–Kier alpha value is -2.32. The van der Waals surface area contributed by atoms with E-state index in [0.29, 0.717) is 16.5 Å². The van der Waals surface area contributed by atoms with Crippen molar-refractivity contribution in [2.45, 2.75) is 11.7 Å². The first-order chi connectivity index (χ1) is 13.0. The van der Waals surface area contributed by atoms with Gasteiger partial charge in [0.1, 0.15) is 11.0 Å². The summed E-state index contributed by atoms with van der Waals surface area (Å²) in [6, 6.07) is 14.5. The number of aliphatic imine (C=N–C) groups is 1. The van der Waals surface area contributed by atoms with Gasteiger partial charge in [0.15, 0.2) is 5.17 Å². The molecule has 2 aromatic rings. The number of carbonyl (C=O) groups excluding carboxylic acids is 2. The molecule has 1 atom stereocenters. The topological polar surface area (TPSA) is 71.0 Å². The van der Waals surface area contributed by atoms with E-state index in [0.717, 1.165) is 10.2 Å². The van der Waals surface area contributed by atoms with Crippen LogP contribution >= 0.6 is 27.7 Å². The molecule has 6 nitrogen and oxygen atoms in total. The number of amidine groups is 1. The Kier molecular flexibility index (Phi) is 6.18. The Morgan fingerprint density at radius 2 is 2.04 bits per heavy atom. The molecule has 2 aromatic carbocycles. The molecular formula is C19H18BrN3O3S. The SMILES string of the molecule is COc1ccc(N=C2S[C@@H](C(=O)Nc3cccc(Br)c3)CC(=O)N2C)cc1. The maximum atomic E-state index is 12.6. The molecule has 1 aliphatic rings. The van der Waals surface area contributed by atoms with Crippen LogP contribution in [0.2, 0.25) is 0 Å². The van der Waals surface area contributed by atoms with E-state index in [9.17, 15) is 9.59 Å². The predicted molar refractivity (Wildman–Crippen MR) is 112 cm³/mol. The molecule has 3 rings (SSSR count). The average molecular weight is 448 g/mol. The Balaban J connectivity index is 1.76. The van der Waals surface area contributed by atoms with Crippen LogP contribution in [0.25, 0.3) is 0 Å². The third-order valence-electron chi connectivity index (χ3n) is 3.95. The van der Waals surface area contributed by atoms with Gasteiger partial charge in [-0.15, -0.1) is 0 Å². The van der Waals surface area contributed by atoms with E-state index in [-0.39, 0.29) is 18.2 Å². The van der Waals surface area contributed by atoms with Gasteiger partial charge in [0.25, 0.3) is 0 Å². The molecule has 27 heavy (non-hydrogen) atoms. The molecule has 1 saturated heterocycles. The minimum Gasteiger partial charge on any atom is -0.497 e. The first kappa shape index (κ1) is 19.4. The lowest BCUT2D eigenvalue weighted by atomic mass is 10.2. The van der Waals surface area contributed by atoms with Gasteiger partial charge >= 0.3 is 0 Å².